The highest BCUT2D eigenvalue weighted by Gasteiger charge is 2.54. The van der Waals surface area contributed by atoms with E-state index in [4.69, 9.17) is 5.84 Å². The fourth-order valence-corrected chi connectivity index (χ4v) is 5.57. The van der Waals surface area contributed by atoms with Crippen molar-refractivity contribution < 1.29 is 0 Å². The summed E-state index contributed by atoms with van der Waals surface area (Å²) in [6, 6.07) is 0.176. The van der Waals surface area contributed by atoms with E-state index in [0.29, 0.717) is 5.41 Å². The monoisotopic (exact) mass is 258 g/mol. The van der Waals surface area contributed by atoms with Crippen LogP contribution in [0.4, 0.5) is 0 Å². The Balaban J connectivity index is 1.70. The molecule has 4 bridgehead atoms. The minimum absolute atomic E-state index is 0.176. The molecule has 0 amide bonds. The Morgan fingerprint density at radius 1 is 1.11 bits per heavy atom. The molecule has 4 fully saturated rings. The Kier molecular flexibility index (Phi) is 2.64. The van der Waals surface area contributed by atoms with Gasteiger partial charge in [0.25, 0.3) is 0 Å². The molecule has 1 unspecified atom stereocenters. The molecule has 5 rings (SSSR count). The van der Waals surface area contributed by atoms with Crippen LogP contribution in [-0.2, 0) is 0 Å². The summed E-state index contributed by atoms with van der Waals surface area (Å²) < 4.78 is 0. The lowest BCUT2D eigenvalue weighted by atomic mass is 9.47. The third-order valence-corrected chi connectivity index (χ3v) is 5.74. The molecular formula is C15H22N4. The zero-order valence-corrected chi connectivity index (χ0v) is 11.3. The SMILES string of the molecule is NNC(c1cnccn1)C12CC3CC(CC(C3)C1)C2. The Morgan fingerprint density at radius 2 is 1.74 bits per heavy atom. The van der Waals surface area contributed by atoms with Crippen molar-refractivity contribution in [2.24, 2.45) is 29.0 Å². The molecule has 4 aliphatic rings. The van der Waals surface area contributed by atoms with Crippen LogP contribution in [0.1, 0.15) is 50.3 Å². The maximum Gasteiger partial charge on any atom is 0.0775 e. The van der Waals surface area contributed by atoms with E-state index in [1.807, 2.05) is 6.20 Å². The summed E-state index contributed by atoms with van der Waals surface area (Å²) in [5.41, 5.74) is 4.43. The number of nitrogens with one attached hydrogen (secondary N) is 1. The summed E-state index contributed by atoms with van der Waals surface area (Å²) in [4.78, 5) is 8.73. The minimum atomic E-state index is 0.176. The van der Waals surface area contributed by atoms with Crippen molar-refractivity contribution in [2.45, 2.75) is 44.6 Å². The third kappa shape index (κ3) is 1.81. The van der Waals surface area contributed by atoms with E-state index in [-0.39, 0.29) is 6.04 Å². The predicted molar refractivity (Wildman–Crippen MR) is 72.7 cm³/mol. The number of nitrogens with two attached hydrogens (primary N) is 1. The average molecular weight is 258 g/mol. The number of aromatic nitrogens is 2. The van der Waals surface area contributed by atoms with Gasteiger partial charge in [0.1, 0.15) is 0 Å². The fourth-order valence-electron chi connectivity index (χ4n) is 5.57. The molecule has 1 aromatic heterocycles. The first kappa shape index (κ1) is 11.8. The molecule has 0 saturated heterocycles. The fraction of sp³-hybridized carbons (Fsp3) is 0.733. The molecule has 4 aliphatic carbocycles. The molecule has 0 aliphatic heterocycles. The van der Waals surface area contributed by atoms with Crippen LogP contribution >= 0.6 is 0 Å². The number of rotatable bonds is 3. The highest BCUT2D eigenvalue weighted by atomic mass is 15.2. The Morgan fingerprint density at radius 3 is 2.21 bits per heavy atom. The molecule has 0 aromatic carbocycles. The van der Waals surface area contributed by atoms with E-state index in [0.717, 1.165) is 23.4 Å². The largest absolute Gasteiger partial charge is 0.271 e. The molecule has 4 saturated carbocycles. The highest BCUT2D eigenvalue weighted by molar-refractivity contribution is 5.14. The second-order valence-corrected chi connectivity index (χ2v) is 7.01. The van der Waals surface area contributed by atoms with Crippen LogP contribution in [0.2, 0.25) is 0 Å². The van der Waals surface area contributed by atoms with E-state index < -0.39 is 0 Å². The number of nitrogens with zero attached hydrogens (tertiary/aromatic N) is 2. The Labute approximate surface area is 114 Å². The number of hydrogen-bond donors (Lipinski definition) is 2. The van der Waals surface area contributed by atoms with E-state index in [9.17, 15) is 0 Å². The molecule has 4 heteroatoms. The minimum Gasteiger partial charge on any atom is -0.271 e. The Bertz CT molecular complexity index is 423. The molecule has 0 radical (unpaired) electrons. The molecule has 1 heterocycles. The van der Waals surface area contributed by atoms with Gasteiger partial charge in [0.2, 0.25) is 0 Å². The third-order valence-electron chi connectivity index (χ3n) is 5.74. The second-order valence-electron chi connectivity index (χ2n) is 7.01. The van der Waals surface area contributed by atoms with Gasteiger partial charge in [-0.1, -0.05) is 0 Å². The first-order chi connectivity index (χ1) is 9.29. The van der Waals surface area contributed by atoms with Crippen LogP contribution < -0.4 is 11.3 Å². The normalized spacial score (nSPS) is 41.4. The van der Waals surface area contributed by atoms with Crippen molar-refractivity contribution in [1.82, 2.24) is 15.4 Å². The smallest absolute Gasteiger partial charge is 0.0775 e. The molecular weight excluding hydrogens is 236 g/mol. The molecule has 1 atom stereocenters. The summed E-state index contributed by atoms with van der Waals surface area (Å²) in [6.45, 7) is 0. The van der Waals surface area contributed by atoms with Crippen LogP contribution in [0.5, 0.6) is 0 Å². The van der Waals surface area contributed by atoms with E-state index in [1.165, 1.54) is 38.5 Å². The lowest BCUT2D eigenvalue weighted by Gasteiger charge is -2.59. The standard InChI is InChI=1S/C15H22N4/c16-19-14(13-9-17-1-2-18-13)15-6-10-3-11(7-15)5-12(4-10)8-15/h1-2,9-12,14,19H,3-8,16H2. The van der Waals surface area contributed by atoms with Crippen molar-refractivity contribution in [2.75, 3.05) is 0 Å². The summed E-state index contributed by atoms with van der Waals surface area (Å²) in [7, 11) is 0. The summed E-state index contributed by atoms with van der Waals surface area (Å²) in [5, 5.41) is 0. The topological polar surface area (TPSA) is 63.8 Å². The summed E-state index contributed by atoms with van der Waals surface area (Å²) in [6.07, 6.45) is 13.7. The van der Waals surface area contributed by atoms with Crippen molar-refractivity contribution in [3.63, 3.8) is 0 Å². The zero-order valence-electron chi connectivity index (χ0n) is 11.3. The Hall–Kier alpha value is -1.00. The van der Waals surface area contributed by atoms with Crippen molar-refractivity contribution in [3.8, 4) is 0 Å². The predicted octanol–water partition coefficient (Wildman–Crippen LogP) is 2.20. The van der Waals surface area contributed by atoms with Gasteiger partial charge in [-0.2, -0.15) is 0 Å². The number of hydrogen-bond acceptors (Lipinski definition) is 4. The molecule has 3 N–H and O–H groups in total. The second kappa shape index (κ2) is 4.25. The summed E-state index contributed by atoms with van der Waals surface area (Å²) in [5.74, 6) is 8.70. The molecule has 102 valence electrons. The molecule has 4 nitrogen and oxygen atoms in total. The first-order valence-electron chi connectivity index (χ1n) is 7.51. The number of hydrazine groups is 1. The first-order valence-corrected chi connectivity index (χ1v) is 7.51. The quantitative estimate of drug-likeness (QED) is 0.644. The zero-order chi connectivity index (χ0) is 12.9. The maximum absolute atomic E-state index is 5.91. The van der Waals surface area contributed by atoms with Gasteiger partial charge in [-0.15, -0.1) is 0 Å². The van der Waals surface area contributed by atoms with Gasteiger partial charge < -0.3 is 0 Å². The maximum atomic E-state index is 5.91. The van der Waals surface area contributed by atoms with Crippen molar-refractivity contribution in [3.05, 3.63) is 24.3 Å². The van der Waals surface area contributed by atoms with Crippen LogP contribution in [0.25, 0.3) is 0 Å². The van der Waals surface area contributed by atoms with Crippen LogP contribution in [0.15, 0.2) is 18.6 Å². The lowest BCUT2D eigenvalue weighted by molar-refractivity contribution is -0.0757. The average Bonchev–Trinajstić information content (AvgIpc) is 2.38. The summed E-state index contributed by atoms with van der Waals surface area (Å²) >= 11 is 0. The van der Waals surface area contributed by atoms with E-state index in [1.54, 1.807) is 12.4 Å². The molecule has 0 spiro atoms. The van der Waals surface area contributed by atoms with Gasteiger partial charge in [-0.25, -0.2) is 0 Å². The van der Waals surface area contributed by atoms with Gasteiger partial charge >= 0.3 is 0 Å². The van der Waals surface area contributed by atoms with Crippen LogP contribution in [0, 0.1) is 23.2 Å². The van der Waals surface area contributed by atoms with Crippen LogP contribution in [0.3, 0.4) is 0 Å². The van der Waals surface area contributed by atoms with Crippen molar-refractivity contribution in [1.29, 1.82) is 0 Å². The molecule has 19 heavy (non-hydrogen) atoms. The van der Waals surface area contributed by atoms with Crippen LogP contribution in [-0.4, -0.2) is 9.97 Å². The van der Waals surface area contributed by atoms with Gasteiger partial charge in [-0.3, -0.25) is 21.2 Å². The van der Waals surface area contributed by atoms with Gasteiger partial charge in [0.15, 0.2) is 0 Å². The van der Waals surface area contributed by atoms with Gasteiger partial charge in [-0.05, 0) is 61.7 Å². The highest BCUT2D eigenvalue weighted by Crippen LogP contribution is 2.63. The lowest BCUT2D eigenvalue weighted by Crippen LogP contribution is -2.53. The molecule has 1 aromatic rings. The van der Waals surface area contributed by atoms with Gasteiger partial charge in [0, 0.05) is 12.4 Å². The van der Waals surface area contributed by atoms with Gasteiger partial charge in [0.05, 0.1) is 17.9 Å². The van der Waals surface area contributed by atoms with E-state index >= 15 is 0 Å². The van der Waals surface area contributed by atoms with Crippen molar-refractivity contribution >= 4 is 0 Å². The van der Waals surface area contributed by atoms with E-state index in [2.05, 4.69) is 15.4 Å².